The standard InChI is InChI=1S/C20H22N4O.C2H6.CH4O/c1-3-14-4-6-15(7-5-14)16-8-10-18(11-9-16)25-19-12-17(13-19)20(21)23-24(2)22;2*1-2/h1,4-11,17,19H,12-13,22H2,2H3,(H2,21,23);1-2H3;2H,1H3. The number of aliphatic hydroxyl groups excluding tert-OH is 1. The van der Waals surface area contributed by atoms with Crippen molar-refractivity contribution in [2.75, 3.05) is 14.2 Å². The lowest BCUT2D eigenvalue weighted by molar-refractivity contribution is 0.0926. The summed E-state index contributed by atoms with van der Waals surface area (Å²) < 4.78 is 5.98. The van der Waals surface area contributed by atoms with E-state index in [4.69, 9.17) is 27.8 Å². The van der Waals surface area contributed by atoms with Crippen LogP contribution in [-0.2, 0) is 0 Å². The van der Waals surface area contributed by atoms with E-state index in [2.05, 4.69) is 23.2 Å². The second-order valence-electron chi connectivity index (χ2n) is 6.25. The fraction of sp³-hybridized carbons (Fsp3) is 0.348. The molecular formula is C23H32N4O2. The number of amidine groups is 1. The van der Waals surface area contributed by atoms with E-state index in [-0.39, 0.29) is 12.0 Å². The molecule has 156 valence electrons. The molecule has 0 aromatic heterocycles. The van der Waals surface area contributed by atoms with Crippen LogP contribution >= 0.6 is 0 Å². The molecular weight excluding hydrogens is 364 g/mol. The number of nitrogens with zero attached hydrogens (tertiary/aromatic N) is 2. The van der Waals surface area contributed by atoms with E-state index < -0.39 is 0 Å². The van der Waals surface area contributed by atoms with Crippen LogP contribution in [0.4, 0.5) is 0 Å². The summed E-state index contributed by atoms with van der Waals surface area (Å²) in [5.74, 6) is 9.76. The maximum absolute atomic E-state index is 7.00. The van der Waals surface area contributed by atoms with E-state index in [0.29, 0.717) is 5.84 Å². The van der Waals surface area contributed by atoms with Crippen molar-refractivity contribution in [3.8, 4) is 29.2 Å². The van der Waals surface area contributed by atoms with Crippen molar-refractivity contribution in [1.29, 1.82) is 0 Å². The van der Waals surface area contributed by atoms with Crippen LogP contribution in [0.5, 0.6) is 5.75 Å². The van der Waals surface area contributed by atoms with E-state index in [1.165, 1.54) is 5.12 Å². The van der Waals surface area contributed by atoms with Crippen LogP contribution in [0.3, 0.4) is 0 Å². The molecule has 2 aromatic carbocycles. The summed E-state index contributed by atoms with van der Waals surface area (Å²) in [6.07, 6.45) is 7.27. The van der Waals surface area contributed by atoms with Gasteiger partial charge in [0.2, 0.25) is 0 Å². The Morgan fingerprint density at radius 2 is 1.55 bits per heavy atom. The number of ether oxygens (including phenoxy) is 1. The number of hydrazone groups is 1. The number of hydrazine groups is 1. The molecule has 6 nitrogen and oxygen atoms in total. The van der Waals surface area contributed by atoms with E-state index in [9.17, 15) is 0 Å². The third-order valence-corrected chi connectivity index (χ3v) is 4.33. The van der Waals surface area contributed by atoms with Gasteiger partial charge in [0.1, 0.15) is 17.7 Å². The van der Waals surface area contributed by atoms with Crippen LogP contribution in [0.15, 0.2) is 53.6 Å². The quantitative estimate of drug-likeness (QED) is 0.237. The summed E-state index contributed by atoms with van der Waals surface area (Å²) in [5, 5.41) is 12.3. The Morgan fingerprint density at radius 3 is 2.00 bits per heavy atom. The molecule has 0 unspecified atom stereocenters. The molecule has 0 bridgehead atoms. The van der Waals surface area contributed by atoms with Gasteiger partial charge in [0.15, 0.2) is 0 Å². The number of benzene rings is 2. The zero-order valence-corrected chi connectivity index (χ0v) is 17.7. The molecule has 0 amide bonds. The first-order valence-corrected chi connectivity index (χ1v) is 9.66. The molecule has 0 aliphatic heterocycles. The number of rotatable bonds is 5. The van der Waals surface area contributed by atoms with Gasteiger partial charge in [-0.05, 0) is 48.2 Å². The molecule has 1 aliphatic rings. The van der Waals surface area contributed by atoms with Gasteiger partial charge in [-0.2, -0.15) is 0 Å². The van der Waals surface area contributed by atoms with Gasteiger partial charge in [-0.1, -0.05) is 44.0 Å². The number of hydrogen-bond donors (Lipinski definition) is 3. The Balaban J connectivity index is 0.000000989. The minimum atomic E-state index is 0.169. The van der Waals surface area contributed by atoms with Gasteiger partial charge in [-0.25, -0.2) is 11.0 Å². The van der Waals surface area contributed by atoms with Crippen LogP contribution in [0.1, 0.15) is 32.3 Å². The van der Waals surface area contributed by atoms with Gasteiger partial charge in [0.05, 0.1) is 0 Å². The van der Waals surface area contributed by atoms with Crippen LogP contribution in [0.2, 0.25) is 0 Å². The molecule has 2 aromatic rings. The predicted octanol–water partition coefficient (Wildman–Crippen LogP) is 3.20. The highest BCUT2D eigenvalue weighted by atomic mass is 16.5. The van der Waals surface area contributed by atoms with Crippen molar-refractivity contribution in [2.45, 2.75) is 32.8 Å². The van der Waals surface area contributed by atoms with Gasteiger partial charge in [0.25, 0.3) is 0 Å². The van der Waals surface area contributed by atoms with Crippen molar-refractivity contribution >= 4 is 5.84 Å². The lowest BCUT2D eigenvalue weighted by Gasteiger charge is -2.35. The number of terminal acetylenes is 1. The van der Waals surface area contributed by atoms with Crippen molar-refractivity contribution in [1.82, 2.24) is 5.12 Å². The maximum Gasteiger partial charge on any atom is 0.124 e. The van der Waals surface area contributed by atoms with Crippen LogP contribution in [-0.4, -0.2) is 36.3 Å². The van der Waals surface area contributed by atoms with E-state index >= 15 is 0 Å². The third kappa shape index (κ3) is 7.15. The Morgan fingerprint density at radius 1 is 1.07 bits per heavy atom. The molecule has 5 N–H and O–H groups in total. The van der Waals surface area contributed by atoms with Gasteiger partial charge in [0, 0.05) is 25.6 Å². The van der Waals surface area contributed by atoms with E-state index in [1.807, 2.05) is 50.2 Å². The molecule has 0 saturated heterocycles. The van der Waals surface area contributed by atoms with Crippen LogP contribution in [0.25, 0.3) is 11.1 Å². The first-order chi connectivity index (χ1) is 14.0. The summed E-state index contributed by atoms with van der Waals surface area (Å²) >= 11 is 0. The first-order valence-electron chi connectivity index (χ1n) is 9.66. The molecule has 1 saturated carbocycles. The summed E-state index contributed by atoms with van der Waals surface area (Å²) in [4.78, 5) is 0. The Labute approximate surface area is 174 Å². The Hall–Kier alpha value is -3.01. The van der Waals surface area contributed by atoms with Gasteiger partial charge in [-0.3, -0.25) is 0 Å². The summed E-state index contributed by atoms with van der Waals surface area (Å²) in [7, 11) is 2.65. The highest BCUT2D eigenvalue weighted by molar-refractivity contribution is 5.83. The van der Waals surface area contributed by atoms with Gasteiger partial charge in [-0.15, -0.1) is 11.5 Å². The highest BCUT2D eigenvalue weighted by Crippen LogP contribution is 2.32. The largest absolute Gasteiger partial charge is 0.490 e. The van der Waals surface area contributed by atoms with E-state index in [1.54, 1.807) is 7.05 Å². The molecule has 3 rings (SSSR count). The monoisotopic (exact) mass is 396 g/mol. The second-order valence-corrected chi connectivity index (χ2v) is 6.25. The molecule has 29 heavy (non-hydrogen) atoms. The smallest absolute Gasteiger partial charge is 0.124 e. The average molecular weight is 397 g/mol. The summed E-state index contributed by atoms with van der Waals surface area (Å²) in [5.41, 5.74) is 9.04. The minimum absolute atomic E-state index is 0.169. The number of aliphatic hydroxyl groups is 1. The normalized spacial score (nSPS) is 17.3. The molecule has 1 aliphatic carbocycles. The van der Waals surface area contributed by atoms with E-state index in [0.717, 1.165) is 42.4 Å². The van der Waals surface area contributed by atoms with Crippen LogP contribution < -0.4 is 16.3 Å². The number of nitrogens with two attached hydrogens (primary N) is 2. The zero-order valence-electron chi connectivity index (χ0n) is 17.7. The molecule has 0 heterocycles. The lowest BCUT2D eigenvalue weighted by Crippen LogP contribution is -2.42. The molecule has 0 radical (unpaired) electrons. The van der Waals surface area contributed by atoms with Crippen molar-refractivity contribution in [3.05, 3.63) is 54.1 Å². The summed E-state index contributed by atoms with van der Waals surface area (Å²) in [6.45, 7) is 4.00. The number of hydrogen-bond acceptors (Lipinski definition) is 5. The van der Waals surface area contributed by atoms with Crippen LogP contribution in [0, 0.1) is 18.3 Å². The fourth-order valence-electron chi connectivity index (χ4n) is 2.84. The lowest BCUT2D eigenvalue weighted by atomic mass is 9.81. The average Bonchev–Trinajstić information content (AvgIpc) is 2.73. The fourth-order valence-corrected chi connectivity index (χ4v) is 2.84. The van der Waals surface area contributed by atoms with Crippen molar-refractivity contribution in [3.63, 3.8) is 0 Å². The van der Waals surface area contributed by atoms with Crippen molar-refractivity contribution < 1.29 is 9.84 Å². The molecule has 0 spiro atoms. The SMILES string of the molecule is C#Cc1ccc(-c2ccc(OC3CC(/C(N)=N/N(C)N)C3)cc2)cc1.CC.CO. The Bertz CT molecular complexity index is 787. The van der Waals surface area contributed by atoms with Crippen molar-refractivity contribution in [2.24, 2.45) is 22.6 Å². The zero-order chi connectivity index (χ0) is 21.8. The summed E-state index contributed by atoms with van der Waals surface area (Å²) in [6, 6.07) is 16.0. The molecule has 0 atom stereocenters. The molecule has 6 heteroatoms. The first kappa shape index (κ1) is 24.0. The Kier molecular flexibility index (Phi) is 10.3. The third-order valence-electron chi connectivity index (χ3n) is 4.33. The predicted molar refractivity (Wildman–Crippen MR) is 120 cm³/mol. The second kappa shape index (κ2) is 12.4. The topological polar surface area (TPSA) is 97.1 Å². The highest BCUT2D eigenvalue weighted by Gasteiger charge is 2.33. The molecule has 1 fully saturated rings. The minimum Gasteiger partial charge on any atom is -0.490 e. The maximum atomic E-state index is 7.00. The van der Waals surface area contributed by atoms with Gasteiger partial charge >= 0.3 is 0 Å². The van der Waals surface area contributed by atoms with Gasteiger partial charge < -0.3 is 15.6 Å².